The Morgan fingerprint density at radius 3 is 2.58 bits per heavy atom. The normalized spacial score (nSPS) is 10.3. The summed E-state index contributed by atoms with van der Waals surface area (Å²) in [6.45, 7) is 0. The number of para-hydroxylation sites is 1. The van der Waals surface area contributed by atoms with E-state index in [1.54, 1.807) is 7.11 Å². The number of methoxy groups -OCH3 is 1. The van der Waals surface area contributed by atoms with Crippen LogP contribution in [0.2, 0.25) is 0 Å². The minimum Gasteiger partial charge on any atom is -0.497 e. The van der Waals surface area contributed by atoms with Crippen LogP contribution in [-0.4, -0.2) is 29.0 Å². The number of rotatable bonds is 8. The molecule has 3 rings (SSSR count). The maximum atomic E-state index is 11.9. The summed E-state index contributed by atoms with van der Waals surface area (Å²) in [6.07, 6.45) is 0.417. The van der Waals surface area contributed by atoms with Crippen molar-refractivity contribution in [2.24, 2.45) is 0 Å². The molecule has 134 valence electrons. The average Bonchev–Trinajstić information content (AvgIpc) is 3.10. The highest BCUT2D eigenvalue weighted by atomic mass is 32.2. The molecule has 0 saturated carbocycles. The number of ether oxygens (including phenoxy) is 1. The fourth-order valence-corrected chi connectivity index (χ4v) is 3.87. The molecule has 0 saturated heterocycles. The first-order chi connectivity index (χ1) is 12.7. The predicted molar refractivity (Wildman–Crippen MR) is 107 cm³/mol. The van der Waals surface area contributed by atoms with E-state index in [-0.39, 0.29) is 5.91 Å². The van der Waals surface area contributed by atoms with E-state index in [2.05, 4.69) is 20.8 Å². The zero-order valence-corrected chi connectivity index (χ0v) is 15.8. The van der Waals surface area contributed by atoms with Crippen molar-refractivity contribution in [3.63, 3.8) is 0 Å². The Morgan fingerprint density at radius 2 is 1.85 bits per heavy atom. The molecule has 2 N–H and O–H groups in total. The highest BCUT2D eigenvalue weighted by Gasteiger charge is 2.07. The van der Waals surface area contributed by atoms with Crippen LogP contribution in [0, 0.1) is 0 Å². The summed E-state index contributed by atoms with van der Waals surface area (Å²) >= 11 is 2.98. The van der Waals surface area contributed by atoms with E-state index in [1.807, 2.05) is 54.6 Å². The van der Waals surface area contributed by atoms with Crippen molar-refractivity contribution in [3.05, 3.63) is 54.6 Å². The number of nitrogens with one attached hydrogen (secondary N) is 2. The average molecular weight is 387 g/mol. The molecule has 1 heterocycles. The molecule has 2 aromatic carbocycles. The van der Waals surface area contributed by atoms with E-state index < -0.39 is 0 Å². The molecule has 0 bridgehead atoms. The third kappa shape index (κ3) is 5.47. The Morgan fingerprint density at radius 1 is 1.08 bits per heavy atom. The van der Waals surface area contributed by atoms with Crippen molar-refractivity contribution < 1.29 is 9.53 Å². The summed E-state index contributed by atoms with van der Waals surface area (Å²) < 4.78 is 5.96. The number of carbonyl (C=O) groups excluding carboxylic acids is 1. The maximum Gasteiger partial charge on any atom is 0.225 e. The van der Waals surface area contributed by atoms with E-state index >= 15 is 0 Å². The molecule has 1 aromatic heterocycles. The van der Waals surface area contributed by atoms with Crippen LogP contribution in [-0.2, 0) is 4.79 Å². The lowest BCUT2D eigenvalue weighted by atomic mass is 10.3. The quantitative estimate of drug-likeness (QED) is 0.559. The van der Waals surface area contributed by atoms with Gasteiger partial charge in [-0.2, -0.15) is 0 Å². The summed E-state index contributed by atoms with van der Waals surface area (Å²) in [5.74, 6) is 1.44. The molecule has 0 aliphatic heterocycles. The molecule has 0 aliphatic carbocycles. The second-order valence-electron chi connectivity index (χ2n) is 5.24. The number of anilines is 3. The molecule has 0 atom stereocenters. The van der Waals surface area contributed by atoms with Gasteiger partial charge in [-0.1, -0.05) is 41.3 Å². The van der Waals surface area contributed by atoms with Gasteiger partial charge in [0.2, 0.25) is 11.0 Å². The molecular weight excluding hydrogens is 368 g/mol. The molecule has 0 radical (unpaired) electrons. The smallest absolute Gasteiger partial charge is 0.225 e. The first kappa shape index (κ1) is 18.2. The maximum absolute atomic E-state index is 11.9. The number of thioether (sulfide) groups is 1. The highest BCUT2D eigenvalue weighted by Crippen LogP contribution is 2.28. The van der Waals surface area contributed by atoms with Gasteiger partial charge in [0.05, 0.1) is 7.11 Å². The first-order valence-corrected chi connectivity index (χ1v) is 9.75. The number of hydrogen-bond donors (Lipinski definition) is 2. The van der Waals surface area contributed by atoms with E-state index in [0.29, 0.717) is 17.3 Å². The number of benzene rings is 2. The van der Waals surface area contributed by atoms with Gasteiger partial charge in [0.1, 0.15) is 5.75 Å². The van der Waals surface area contributed by atoms with Crippen LogP contribution in [0.1, 0.15) is 6.42 Å². The fourth-order valence-electron chi connectivity index (χ4n) is 2.09. The van der Waals surface area contributed by atoms with Gasteiger partial charge < -0.3 is 15.4 Å². The summed E-state index contributed by atoms with van der Waals surface area (Å²) in [5, 5.41) is 15.1. The monoisotopic (exact) mass is 386 g/mol. The van der Waals surface area contributed by atoms with Gasteiger partial charge in [-0.25, -0.2) is 0 Å². The number of amides is 1. The Balaban J connectivity index is 1.44. The SMILES string of the molecule is COc1ccc(Nc2nnc(SCCC(=O)Nc3ccccc3)s2)cc1. The highest BCUT2D eigenvalue weighted by molar-refractivity contribution is 8.01. The molecule has 0 spiro atoms. The minimum absolute atomic E-state index is 0.00945. The number of nitrogens with zero attached hydrogens (tertiary/aromatic N) is 2. The molecular formula is C18H18N4O2S2. The van der Waals surface area contributed by atoms with Crippen molar-refractivity contribution in [2.45, 2.75) is 10.8 Å². The zero-order chi connectivity index (χ0) is 18.2. The van der Waals surface area contributed by atoms with Crippen LogP contribution < -0.4 is 15.4 Å². The predicted octanol–water partition coefficient (Wildman–Crippen LogP) is 4.41. The second-order valence-corrected chi connectivity index (χ2v) is 7.56. The molecule has 1 amide bonds. The van der Waals surface area contributed by atoms with Crippen molar-refractivity contribution >= 4 is 45.5 Å². The van der Waals surface area contributed by atoms with Crippen LogP contribution in [0.15, 0.2) is 58.9 Å². The molecule has 6 nitrogen and oxygen atoms in total. The van der Waals surface area contributed by atoms with Crippen molar-refractivity contribution in [3.8, 4) is 5.75 Å². The van der Waals surface area contributed by atoms with Crippen LogP contribution >= 0.6 is 23.1 Å². The largest absolute Gasteiger partial charge is 0.497 e. The van der Waals surface area contributed by atoms with E-state index in [1.165, 1.54) is 23.1 Å². The lowest BCUT2D eigenvalue weighted by molar-refractivity contribution is -0.115. The summed E-state index contributed by atoms with van der Waals surface area (Å²) in [7, 11) is 1.64. The van der Waals surface area contributed by atoms with Gasteiger partial charge >= 0.3 is 0 Å². The van der Waals surface area contributed by atoms with Gasteiger partial charge in [-0.3, -0.25) is 4.79 Å². The van der Waals surface area contributed by atoms with Gasteiger partial charge in [-0.05, 0) is 36.4 Å². The second kappa shape index (κ2) is 9.21. The Kier molecular flexibility index (Phi) is 6.45. The standard InChI is InChI=1S/C18H18N4O2S2/c1-24-15-9-7-14(8-10-15)20-17-21-22-18(26-17)25-12-11-16(23)19-13-5-3-2-4-6-13/h2-10H,11-12H2,1H3,(H,19,23)(H,20,21). The molecule has 3 aromatic rings. The Bertz CT molecular complexity index is 838. The molecule has 0 fully saturated rings. The van der Waals surface area contributed by atoms with E-state index in [9.17, 15) is 4.79 Å². The third-order valence-corrected chi connectivity index (χ3v) is 5.33. The van der Waals surface area contributed by atoms with Gasteiger partial charge in [0.25, 0.3) is 0 Å². The van der Waals surface area contributed by atoms with Gasteiger partial charge in [0.15, 0.2) is 4.34 Å². The summed E-state index contributed by atoms with van der Waals surface area (Å²) in [4.78, 5) is 11.9. The topological polar surface area (TPSA) is 76.1 Å². The minimum atomic E-state index is -0.00945. The van der Waals surface area contributed by atoms with E-state index in [4.69, 9.17) is 4.74 Å². The molecule has 26 heavy (non-hydrogen) atoms. The van der Waals surface area contributed by atoms with Crippen LogP contribution in [0.4, 0.5) is 16.5 Å². The van der Waals surface area contributed by atoms with Crippen LogP contribution in [0.25, 0.3) is 0 Å². The van der Waals surface area contributed by atoms with Crippen molar-refractivity contribution in [2.75, 3.05) is 23.5 Å². The number of hydrogen-bond acceptors (Lipinski definition) is 7. The third-order valence-electron chi connectivity index (χ3n) is 3.36. The Labute approximate surface area is 160 Å². The lowest BCUT2D eigenvalue weighted by Crippen LogP contribution is -2.11. The van der Waals surface area contributed by atoms with Crippen LogP contribution in [0.5, 0.6) is 5.75 Å². The molecule has 0 aliphatic rings. The summed E-state index contributed by atoms with van der Waals surface area (Å²) in [5.41, 5.74) is 1.73. The van der Waals surface area contributed by atoms with Gasteiger partial charge in [0, 0.05) is 23.5 Å². The Hall–Kier alpha value is -2.58. The number of aromatic nitrogens is 2. The van der Waals surface area contributed by atoms with Crippen molar-refractivity contribution in [1.29, 1.82) is 0 Å². The summed E-state index contributed by atoms with van der Waals surface area (Å²) in [6, 6.07) is 17.0. The van der Waals surface area contributed by atoms with Crippen molar-refractivity contribution in [1.82, 2.24) is 10.2 Å². The zero-order valence-electron chi connectivity index (χ0n) is 14.1. The number of carbonyl (C=O) groups is 1. The molecule has 8 heteroatoms. The van der Waals surface area contributed by atoms with E-state index in [0.717, 1.165) is 21.5 Å². The van der Waals surface area contributed by atoms with Crippen LogP contribution in [0.3, 0.4) is 0 Å². The lowest BCUT2D eigenvalue weighted by Gasteiger charge is -2.04. The first-order valence-electron chi connectivity index (χ1n) is 7.95. The molecule has 0 unspecified atom stereocenters. The fraction of sp³-hybridized carbons (Fsp3) is 0.167. The van der Waals surface area contributed by atoms with Gasteiger partial charge in [-0.15, -0.1) is 10.2 Å².